The topological polar surface area (TPSA) is 41.1 Å². The molecule has 0 atom stereocenters. The minimum atomic E-state index is -0.0107. The van der Waals surface area contributed by atoms with Gasteiger partial charge in [0, 0.05) is 24.3 Å². The van der Waals surface area contributed by atoms with Crippen molar-refractivity contribution in [2.75, 3.05) is 29.9 Å². The van der Waals surface area contributed by atoms with Crippen LogP contribution in [0.5, 0.6) is 0 Å². The third-order valence-corrected chi connectivity index (χ3v) is 3.47. The molecule has 0 spiro atoms. The van der Waals surface area contributed by atoms with E-state index < -0.39 is 0 Å². The minimum absolute atomic E-state index is 0.0107. The number of amides is 1. The van der Waals surface area contributed by atoms with Crippen molar-refractivity contribution >= 4 is 23.4 Å². The van der Waals surface area contributed by atoms with Crippen LogP contribution in [0.2, 0.25) is 0 Å². The summed E-state index contributed by atoms with van der Waals surface area (Å²) in [6.07, 6.45) is 1.16. The lowest BCUT2D eigenvalue weighted by Gasteiger charge is -2.07. The lowest BCUT2D eigenvalue weighted by atomic mass is 10.2. The number of carbonyl (C=O) groups excluding carboxylic acids is 1. The third kappa shape index (κ3) is 5.45. The quantitative estimate of drug-likeness (QED) is 0.711. The zero-order valence-corrected chi connectivity index (χ0v) is 12.0. The van der Waals surface area contributed by atoms with E-state index in [2.05, 4.69) is 17.6 Å². The molecule has 0 aliphatic heterocycles. The number of rotatable bonds is 8. The fraction of sp³-hybridized carbons (Fsp3) is 0.500. The molecule has 0 aliphatic carbocycles. The predicted molar refractivity (Wildman–Crippen MR) is 80.6 cm³/mol. The summed E-state index contributed by atoms with van der Waals surface area (Å²) >= 11 is 1.96. The maximum atomic E-state index is 11.6. The molecule has 100 valence electrons. The van der Waals surface area contributed by atoms with E-state index in [0.717, 1.165) is 18.7 Å². The Labute approximate surface area is 114 Å². The number of benzene rings is 1. The standard InChI is InChI=1S/C14H22N2OS/c1-3-15-14(17)12-6-8-13(9-7-12)16-10-5-11-18-4-2/h6-9,16H,3-5,10-11H2,1-2H3,(H,15,17). The van der Waals surface area contributed by atoms with Gasteiger partial charge in [-0.05, 0) is 49.1 Å². The van der Waals surface area contributed by atoms with Gasteiger partial charge in [0.2, 0.25) is 0 Å². The average molecular weight is 266 g/mol. The molecule has 1 aromatic rings. The molecule has 2 N–H and O–H groups in total. The first kappa shape index (κ1) is 14.9. The van der Waals surface area contributed by atoms with Gasteiger partial charge in [0.1, 0.15) is 0 Å². The highest BCUT2D eigenvalue weighted by Crippen LogP contribution is 2.10. The number of nitrogens with one attached hydrogen (secondary N) is 2. The van der Waals surface area contributed by atoms with Crippen molar-refractivity contribution in [1.29, 1.82) is 0 Å². The predicted octanol–water partition coefficient (Wildman–Crippen LogP) is 2.99. The monoisotopic (exact) mass is 266 g/mol. The highest BCUT2D eigenvalue weighted by atomic mass is 32.2. The second-order valence-electron chi connectivity index (χ2n) is 3.91. The molecule has 1 rings (SSSR count). The number of hydrogen-bond donors (Lipinski definition) is 2. The molecule has 1 aromatic carbocycles. The molecule has 0 saturated heterocycles. The van der Waals surface area contributed by atoms with E-state index in [1.807, 2.05) is 43.0 Å². The van der Waals surface area contributed by atoms with Crippen LogP contribution in [0.15, 0.2) is 24.3 Å². The summed E-state index contributed by atoms with van der Waals surface area (Å²) in [5.41, 5.74) is 1.79. The second-order valence-corrected chi connectivity index (χ2v) is 5.31. The first-order valence-electron chi connectivity index (χ1n) is 6.47. The molecule has 4 heteroatoms. The van der Waals surface area contributed by atoms with E-state index in [1.165, 1.54) is 11.5 Å². The Hall–Kier alpha value is -1.16. The summed E-state index contributed by atoms with van der Waals surface area (Å²) in [5, 5.41) is 6.14. The van der Waals surface area contributed by atoms with Crippen molar-refractivity contribution in [2.45, 2.75) is 20.3 Å². The highest BCUT2D eigenvalue weighted by Gasteiger charge is 2.02. The number of anilines is 1. The third-order valence-electron chi connectivity index (χ3n) is 2.48. The zero-order valence-electron chi connectivity index (χ0n) is 11.2. The SMILES string of the molecule is CCNC(=O)c1ccc(NCCCSCC)cc1. The van der Waals surface area contributed by atoms with Gasteiger partial charge < -0.3 is 10.6 Å². The normalized spacial score (nSPS) is 10.1. The number of thioether (sulfide) groups is 1. The fourth-order valence-corrected chi connectivity index (χ4v) is 2.19. The van der Waals surface area contributed by atoms with Crippen LogP contribution in [0.25, 0.3) is 0 Å². The van der Waals surface area contributed by atoms with Crippen molar-refractivity contribution in [2.24, 2.45) is 0 Å². The van der Waals surface area contributed by atoms with Gasteiger partial charge >= 0.3 is 0 Å². The van der Waals surface area contributed by atoms with Gasteiger partial charge in [-0.1, -0.05) is 6.92 Å². The van der Waals surface area contributed by atoms with Crippen molar-refractivity contribution in [3.8, 4) is 0 Å². The first-order valence-corrected chi connectivity index (χ1v) is 7.63. The first-order chi connectivity index (χ1) is 8.77. The molecule has 0 aromatic heterocycles. The van der Waals surface area contributed by atoms with E-state index in [-0.39, 0.29) is 5.91 Å². The lowest BCUT2D eigenvalue weighted by Crippen LogP contribution is -2.22. The number of carbonyl (C=O) groups is 1. The van der Waals surface area contributed by atoms with E-state index in [9.17, 15) is 4.79 Å². The van der Waals surface area contributed by atoms with Crippen molar-refractivity contribution in [3.63, 3.8) is 0 Å². The van der Waals surface area contributed by atoms with E-state index in [1.54, 1.807) is 0 Å². The molecule has 0 heterocycles. The Bertz CT molecular complexity index is 351. The largest absolute Gasteiger partial charge is 0.385 e. The molecule has 0 aliphatic rings. The van der Waals surface area contributed by atoms with Crippen molar-refractivity contribution < 1.29 is 4.79 Å². The Balaban J connectivity index is 2.33. The molecule has 0 unspecified atom stereocenters. The Morgan fingerprint density at radius 3 is 2.56 bits per heavy atom. The molecule has 0 saturated carbocycles. The zero-order chi connectivity index (χ0) is 13.2. The van der Waals surface area contributed by atoms with Crippen LogP contribution in [0.4, 0.5) is 5.69 Å². The summed E-state index contributed by atoms with van der Waals surface area (Å²) in [5.74, 6) is 2.37. The van der Waals surface area contributed by atoms with Gasteiger partial charge in [0.15, 0.2) is 0 Å². The summed E-state index contributed by atoms with van der Waals surface area (Å²) in [4.78, 5) is 11.6. The minimum Gasteiger partial charge on any atom is -0.385 e. The van der Waals surface area contributed by atoms with Gasteiger partial charge in [-0.2, -0.15) is 11.8 Å². The molecule has 0 fully saturated rings. The maximum Gasteiger partial charge on any atom is 0.251 e. The van der Waals surface area contributed by atoms with Gasteiger partial charge in [0.05, 0.1) is 0 Å². The van der Waals surface area contributed by atoms with Crippen LogP contribution >= 0.6 is 11.8 Å². The Morgan fingerprint density at radius 1 is 1.22 bits per heavy atom. The summed E-state index contributed by atoms with van der Waals surface area (Å²) in [7, 11) is 0. The van der Waals surface area contributed by atoms with Gasteiger partial charge in [-0.15, -0.1) is 0 Å². The van der Waals surface area contributed by atoms with Crippen LogP contribution in [-0.4, -0.2) is 30.5 Å². The van der Waals surface area contributed by atoms with Crippen LogP contribution in [0.1, 0.15) is 30.6 Å². The van der Waals surface area contributed by atoms with Gasteiger partial charge in [-0.25, -0.2) is 0 Å². The smallest absolute Gasteiger partial charge is 0.251 e. The maximum absolute atomic E-state index is 11.6. The molecule has 18 heavy (non-hydrogen) atoms. The van der Waals surface area contributed by atoms with E-state index in [4.69, 9.17) is 0 Å². The lowest BCUT2D eigenvalue weighted by molar-refractivity contribution is 0.0956. The highest BCUT2D eigenvalue weighted by molar-refractivity contribution is 7.99. The van der Waals surface area contributed by atoms with Crippen LogP contribution in [0, 0.1) is 0 Å². The molecule has 1 amide bonds. The summed E-state index contributed by atoms with van der Waals surface area (Å²) in [6.45, 7) is 5.74. The molecular formula is C14H22N2OS. The van der Waals surface area contributed by atoms with Crippen LogP contribution in [0.3, 0.4) is 0 Å². The molecular weight excluding hydrogens is 244 g/mol. The average Bonchev–Trinajstić information content (AvgIpc) is 2.39. The van der Waals surface area contributed by atoms with E-state index in [0.29, 0.717) is 12.1 Å². The fourth-order valence-electron chi connectivity index (χ4n) is 1.55. The Kier molecular flexibility index (Phi) is 7.34. The number of hydrogen-bond acceptors (Lipinski definition) is 3. The van der Waals surface area contributed by atoms with Gasteiger partial charge in [0.25, 0.3) is 5.91 Å². The van der Waals surface area contributed by atoms with Crippen LogP contribution in [-0.2, 0) is 0 Å². The van der Waals surface area contributed by atoms with Gasteiger partial charge in [-0.3, -0.25) is 4.79 Å². The second kappa shape index (κ2) is 8.86. The van der Waals surface area contributed by atoms with Crippen molar-refractivity contribution in [1.82, 2.24) is 5.32 Å². The summed E-state index contributed by atoms with van der Waals surface area (Å²) < 4.78 is 0. The Morgan fingerprint density at radius 2 is 1.94 bits per heavy atom. The van der Waals surface area contributed by atoms with Crippen molar-refractivity contribution in [3.05, 3.63) is 29.8 Å². The van der Waals surface area contributed by atoms with Crippen LogP contribution < -0.4 is 10.6 Å². The van der Waals surface area contributed by atoms with E-state index >= 15 is 0 Å². The molecule has 3 nitrogen and oxygen atoms in total. The molecule has 0 radical (unpaired) electrons. The summed E-state index contributed by atoms with van der Waals surface area (Å²) in [6, 6.07) is 7.62. The molecule has 0 bridgehead atoms.